The lowest BCUT2D eigenvalue weighted by molar-refractivity contribution is -0.276. The van der Waals surface area contributed by atoms with E-state index in [-0.39, 0.29) is 15.7 Å². The second kappa shape index (κ2) is 6.73. The van der Waals surface area contributed by atoms with E-state index in [9.17, 15) is 18.0 Å². The molecule has 0 saturated heterocycles. The zero-order valence-electron chi connectivity index (χ0n) is 9.55. The van der Waals surface area contributed by atoms with Gasteiger partial charge in [0.05, 0.1) is 22.8 Å². The van der Waals surface area contributed by atoms with Gasteiger partial charge in [0.15, 0.2) is 0 Å². The van der Waals surface area contributed by atoms with Crippen molar-refractivity contribution in [1.82, 2.24) is 4.98 Å². The highest BCUT2D eigenvalue weighted by atomic mass is 127. The zero-order chi connectivity index (χ0) is 14.6. The Morgan fingerprint density at radius 2 is 2.16 bits per heavy atom. The summed E-state index contributed by atoms with van der Waals surface area (Å²) < 4.78 is 45.1. The molecule has 0 spiro atoms. The van der Waals surface area contributed by atoms with E-state index in [0.29, 0.717) is 10.9 Å². The Hall–Kier alpha value is -0.580. The topological polar surface area (TPSA) is 48.4 Å². The molecule has 9 heteroatoms. The standard InChI is InChI=1S/C10H8BrF3INO3/c1-18-8(17)3-7-5(4-11)2-6(15)9(16-7)19-10(12,13)14/h2H,3-4H2,1H3. The third-order valence-corrected chi connectivity index (χ3v) is 3.39. The number of hydrogen-bond donors (Lipinski definition) is 0. The number of carbonyl (C=O) groups excluding carboxylic acids is 1. The number of pyridine rings is 1. The first-order chi connectivity index (χ1) is 8.76. The smallest absolute Gasteiger partial charge is 0.469 e. The van der Waals surface area contributed by atoms with Gasteiger partial charge in [-0.25, -0.2) is 4.98 Å². The molecule has 0 fully saturated rings. The zero-order valence-corrected chi connectivity index (χ0v) is 13.3. The van der Waals surface area contributed by atoms with E-state index < -0.39 is 18.2 Å². The van der Waals surface area contributed by atoms with Gasteiger partial charge >= 0.3 is 12.3 Å². The van der Waals surface area contributed by atoms with Gasteiger partial charge in [-0.15, -0.1) is 13.2 Å². The molecule has 0 aliphatic carbocycles. The van der Waals surface area contributed by atoms with Gasteiger partial charge in [-0.3, -0.25) is 4.79 Å². The first kappa shape index (κ1) is 16.5. The van der Waals surface area contributed by atoms with E-state index in [1.54, 1.807) is 22.6 Å². The maximum Gasteiger partial charge on any atom is 0.574 e. The molecule has 0 aliphatic heterocycles. The molecular formula is C10H8BrF3INO3. The molecule has 0 saturated carbocycles. The van der Waals surface area contributed by atoms with Crippen LogP contribution in [0.1, 0.15) is 11.3 Å². The second-order valence-corrected chi connectivity index (χ2v) is 5.04. The molecular weight excluding hydrogens is 446 g/mol. The first-order valence-corrected chi connectivity index (χ1v) is 7.03. The van der Waals surface area contributed by atoms with Gasteiger partial charge < -0.3 is 9.47 Å². The number of ether oxygens (including phenoxy) is 2. The normalized spacial score (nSPS) is 11.3. The molecule has 0 bridgehead atoms. The van der Waals surface area contributed by atoms with Crippen molar-refractivity contribution in [3.05, 3.63) is 20.9 Å². The molecule has 106 valence electrons. The van der Waals surface area contributed by atoms with E-state index in [0.717, 1.165) is 0 Å². The second-order valence-electron chi connectivity index (χ2n) is 3.32. The van der Waals surface area contributed by atoms with Gasteiger partial charge in [-0.05, 0) is 34.2 Å². The highest BCUT2D eigenvalue weighted by molar-refractivity contribution is 14.1. The maximum absolute atomic E-state index is 12.2. The number of carbonyl (C=O) groups is 1. The summed E-state index contributed by atoms with van der Waals surface area (Å²) in [5.41, 5.74) is 0.785. The van der Waals surface area contributed by atoms with Crippen LogP contribution in [0, 0.1) is 3.57 Å². The predicted octanol–water partition coefficient (Wildman–Crippen LogP) is 3.20. The SMILES string of the molecule is COC(=O)Cc1nc(OC(F)(F)F)c(I)cc1CBr. The number of rotatable bonds is 4. The fourth-order valence-corrected chi connectivity index (χ4v) is 2.30. The van der Waals surface area contributed by atoms with E-state index in [4.69, 9.17) is 0 Å². The van der Waals surface area contributed by atoms with Gasteiger partial charge in [-0.1, -0.05) is 15.9 Å². The summed E-state index contributed by atoms with van der Waals surface area (Å²) in [7, 11) is 1.19. The lowest BCUT2D eigenvalue weighted by Crippen LogP contribution is -2.20. The van der Waals surface area contributed by atoms with E-state index >= 15 is 0 Å². The van der Waals surface area contributed by atoms with E-state index in [1.165, 1.54) is 13.2 Å². The van der Waals surface area contributed by atoms with Crippen LogP contribution < -0.4 is 4.74 Å². The molecule has 0 radical (unpaired) electrons. The fraction of sp³-hybridized carbons (Fsp3) is 0.400. The maximum atomic E-state index is 12.2. The summed E-state index contributed by atoms with van der Waals surface area (Å²) in [6, 6.07) is 1.47. The van der Waals surface area contributed by atoms with Crippen molar-refractivity contribution < 1.29 is 27.4 Å². The highest BCUT2D eigenvalue weighted by Gasteiger charge is 2.33. The van der Waals surface area contributed by atoms with Crippen LogP contribution in [0.4, 0.5) is 13.2 Å². The summed E-state index contributed by atoms with van der Waals surface area (Å²) in [5, 5.41) is 0.356. The Morgan fingerprint density at radius 1 is 1.53 bits per heavy atom. The largest absolute Gasteiger partial charge is 0.574 e. The van der Waals surface area contributed by atoms with Gasteiger partial charge in [-0.2, -0.15) is 0 Å². The van der Waals surface area contributed by atoms with Gasteiger partial charge in [0.1, 0.15) is 0 Å². The lowest BCUT2D eigenvalue weighted by atomic mass is 10.1. The number of alkyl halides is 4. The van der Waals surface area contributed by atoms with Crippen LogP contribution >= 0.6 is 38.5 Å². The Morgan fingerprint density at radius 3 is 2.63 bits per heavy atom. The molecule has 1 aromatic rings. The Balaban J connectivity index is 3.14. The Kier molecular flexibility index (Phi) is 5.83. The summed E-state index contributed by atoms with van der Waals surface area (Å²) in [5.74, 6) is -1.16. The monoisotopic (exact) mass is 453 g/mol. The third-order valence-electron chi connectivity index (χ3n) is 2.01. The van der Waals surface area contributed by atoms with Crippen molar-refractivity contribution in [2.75, 3.05) is 7.11 Å². The molecule has 1 heterocycles. The van der Waals surface area contributed by atoms with Crippen LogP contribution in [-0.4, -0.2) is 24.4 Å². The number of nitrogens with zero attached hydrogens (tertiary/aromatic N) is 1. The summed E-state index contributed by atoms with van der Waals surface area (Å²) >= 11 is 4.87. The Bertz CT molecular complexity index is 482. The summed E-state index contributed by atoms with van der Waals surface area (Å²) in [6.45, 7) is 0. The van der Waals surface area contributed by atoms with Crippen LogP contribution in [0.3, 0.4) is 0 Å². The number of methoxy groups -OCH3 is 1. The average molecular weight is 454 g/mol. The van der Waals surface area contributed by atoms with E-state index in [1.807, 2.05) is 0 Å². The van der Waals surface area contributed by atoms with Crippen LogP contribution in [0.15, 0.2) is 6.07 Å². The molecule has 19 heavy (non-hydrogen) atoms. The molecule has 0 aliphatic rings. The Labute approximate surface area is 128 Å². The van der Waals surface area contributed by atoms with Gasteiger partial charge in [0.25, 0.3) is 0 Å². The van der Waals surface area contributed by atoms with E-state index in [2.05, 4.69) is 30.4 Å². The third kappa shape index (κ3) is 5.13. The molecule has 1 rings (SSSR count). The van der Waals surface area contributed by atoms with Crippen molar-refractivity contribution in [3.8, 4) is 5.88 Å². The molecule has 1 aromatic heterocycles. The lowest BCUT2D eigenvalue weighted by Gasteiger charge is -2.13. The molecule has 0 amide bonds. The van der Waals surface area contributed by atoms with Crippen molar-refractivity contribution in [3.63, 3.8) is 0 Å². The molecule has 0 N–H and O–H groups in total. The van der Waals surface area contributed by atoms with Crippen molar-refractivity contribution in [2.24, 2.45) is 0 Å². The van der Waals surface area contributed by atoms with Crippen molar-refractivity contribution in [2.45, 2.75) is 18.1 Å². The summed E-state index contributed by atoms with van der Waals surface area (Å²) in [6.07, 6.45) is -5.05. The minimum atomic E-state index is -4.83. The summed E-state index contributed by atoms with van der Waals surface area (Å²) in [4.78, 5) is 14.9. The fourth-order valence-electron chi connectivity index (χ4n) is 1.20. The molecule has 0 atom stereocenters. The predicted molar refractivity (Wildman–Crippen MR) is 72.0 cm³/mol. The molecule has 4 nitrogen and oxygen atoms in total. The van der Waals surface area contributed by atoms with Crippen LogP contribution in [0.5, 0.6) is 5.88 Å². The minimum Gasteiger partial charge on any atom is -0.469 e. The quantitative estimate of drug-likeness (QED) is 0.399. The first-order valence-electron chi connectivity index (χ1n) is 4.83. The number of aromatic nitrogens is 1. The molecule has 0 unspecified atom stereocenters. The average Bonchev–Trinajstić information content (AvgIpc) is 2.31. The van der Waals surface area contributed by atoms with Gasteiger partial charge in [0, 0.05) is 5.33 Å². The van der Waals surface area contributed by atoms with Crippen LogP contribution in [0.2, 0.25) is 0 Å². The van der Waals surface area contributed by atoms with Gasteiger partial charge in [0.2, 0.25) is 5.88 Å². The number of halogens is 5. The van der Waals surface area contributed by atoms with Crippen molar-refractivity contribution in [1.29, 1.82) is 0 Å². The highest BCUT2D eigenvalue weighted by Crippen LogP contribution is 2.28. The molecule has 0 aromatic carbocycles. The number of hydrogen-bond acceptors (Lipinski definition) is 4. The minimum absolute atomic E-state index is 0.184. The number of esters is 1. The van der Waals surface area contributed by atoms with Crippen molar-refractivity contribution >= 4 is 44.5 Å². The van der Waals surface area contributed by atoms with Crippen LogP contribution in [-0.2, 0) is 21.3 Å². The van der Waals surface area contributed by atoms with Crippen LogP contribution in [0.25, 0.3) is 0 Å².